The molecule has 3 amide bonds. The molecular weight excluding hydrogens is 462 g/mol. The SMILES string of the molecule is NCCCCC(N)C(=O)NC(Cc1ccccc1)C(=O)NC(Cc1ccccc1)C(=O)NCC(=O)O. The van der Waals surface area contributed by atoms with E-state index in [0.29, 0.717) is 19.4 Å². The molecule has 2 aromatic rings. The van der Waals surface area contributed by atoms with Gasteiger partial charge in [-0.25, -0.2) is 0 Å². The van der Waals surface area contributed by atoms with Crippen molar-refractivity contribution in [2.45, 2.75) is 50.2 Å². The lowest BCUT2D eigenvalue weighted by atomic mass is 10.0. The van der Waals surface area contributed by atoms with Crippen LogP contribution >= 0.6 is 0 Å². The molecule has 0 bridgehead atoms. The molecule has 0 heterocycles. The van der Waals surface area contributed by atoms with Crippen LogP contribution in [0.3, 0.4) is 0 Å². The number of hydrogen-bond donors (Lipinski definition) is 6. The van der Waals surface area contributed by atoms with Crippen LogP contribution in [-0.4, -0.2) is 60.0 Å². The van der Waals surface area contributed by atoms with Gasteiger partial charge in [-0.15, -0.1) is 0 Å². The second-order valence-electron chi connectivity index (χ2n) is 8.50. The molecule has 0 spiro atoms. The van der Waals surface area contributed by atoms with Crippen molar-refractivity contribution in [3.05, 3.63) is 71.8 Å². The molecule has 0 aliphatic heterocycles. The average molecular weight is 498 g/mol. The predicted molar refractivity (Wildman–Crippen MR) is 136 cm³/mol. The molecule has 0 aliphatic carbocycles. The van der Waals surface area contributed by atoms with E-state index in [1.807, 2.05) is 36.4 Å². The summed E-state index contributed by atoms with van der Waals surface area (Å²) in [4.78, 5) is 49.7. The van der Waals surface area contributed by atoms with Gasteiger partial charge in [0.1, 0.15) is 18.6 Å². The third-order valence-electron chi connectivity index (χ3n) is 5.55. The molecule has 3 atom stereocenters. The molecule has 0 saturated carbocycles. The van der Waals surface area contributed by atoms with Gasteiger partial charge in [-0.1, -0.05) is 67.1 Å². The molecule has 0 aromatic heterocycles. The highest BCUT2D eigenvalue weighted by Gasteiger charge is 2.28. The Labute approximate surface area is 210 Å². The molecule has 0 radical (unpaired) electrons. The Hall–Kier alpha value is -3.76. The van der Waals surface area contributed by atoms with Crippen molar-refractivity contribution in [1.29, 1.82) is 0 Å². The van der Waals surface area contributed by atoms with Crippen LogP contribution in [0.15, 0.2) is 60.7 Å². The highest BCUT2D eigenvalue weighted by molar-refractivity contribution is 5.94. The first-order valence-electron chi connectivity index (χ1n) is 11.9. The van der Waals surface area contributed by atoms with Crippen molar-refractivity contribution >= 4 is 23.7 Å². The molecule has 2 aromatic carbocycles. The highest BCUT2D eigenvalue weighted by atomic mass is 16.4. The smallest absolute Gasteiger partial charge is 0.322 e. The molecule has 10 heteroatoms. The van der Waals surface area contributed by atoms with Gasteiger partial charge in [-0.3, -0.25) is 19.2 Å². The van der Waals surface area contributed by atoms with Crippen LogP contribution in [0.5, 0.6) is 0 Å². The Balaban J connectivity index is 2.19. The second-order valence-corrected chi connectivity index (χ2v) is 8.50. The maximum absolute atomic E-state index is 13.3. The van der Waals surface area contributed by atoms with E-state index in [1.165, 1.54) is 0 Å². The van der Waals surface area contributed by atoms with Crippen LogP contribution in [0.4, 0.5) is 0 Å². The molecule has 194 valence electrons. The number of hydrogen-bond acceptors (Lipinski definition) is 6. The van der Waals surface area contributed by atoms with Gasteiger partial charge in [0.05, 0.1) is 6.04 Å². The topological polar surface area (TPSA) is 177 Å². The first-order valence-corrected chi connectivity index (χ1v) is 11.9. The number of carbonyl (C=O) groups excluding carboxylic acids is 3. The van der Waals surface area contributed by atoms with E-state index in [4.69, 9.17) is 16.6 Å². The molecule has 2 rings (SSSR count). The lowest BCUT2D eigenvalue weighted by Gasteiger charge is -2.24. The molecule has 10 nitrogen and oxygen atoms in total. The normalized spacial score (nSPS) is 13.2. The summed E-state index contributed by atoms with van der Waals surface area (Å²) in [5.41, 5.74) is 13.1. The summed E-state index contributed by atoms with van der Waals surface area (Å²) < 4.78 is 0. The monoisotopic (exact) mass is 497 g/mol. The van der Waals surface area contributed by atoms with Gasteiger partial charge >= 0.3 is 5.97 Å². The number of aliphatic carboxylic acids is 1. The minimum absolute atomic E-state index is 0.142. The fraction of sp³-hybridized carbons (Fsp3) is 0.385. The third-order valence-corrected chi connectivity index (χ3v) is 5.55. The van der Waals surface area contributed by atoms with Crippen molar-refractivity contribution < 1.29 is 24.3 Å². The molecule has 8 N–H and O–H groups in total. The summed E-state index contributed by atoms with van der Waals surface area (Å²) in [5, 5.41) is 16.6. The number of nitrogens with two attached hydrogens (primary N) is 2. The van der Waals surface area contributed by atoms with Gasteiger partial charge in [-0.05, 0) is 30.5 Å². The number of carboxylic acids is 1. The zero-order valence-electron chi connectivity index (χ0n) is 20.2. The summed E-state index contributed by atoms with van der Waals surface area (Å²) >= 11 is 0. The van der Waals surface area contributed by atoms with Gasteiger partial charge in [-0.2, -0.15) is 0 Å². The number of amides is 3. The quantitative estimate of drug-likeness (QED) is 0.189. The lowest BCUT2D eigenvalue weighted by Crippen LogP contribution is -2.57. The summed E-state index contributed by atoms with van der Waals surface area (Å²) in [6, 6.07) is 15.3. The predicted octanol–water partition coefficient (Wildman–Crippen LogP) is 0.0985. The Morgan fingerprint density at radius 3 is 1.75 bits per heavy atom. The van der Waals surface area contributed by atoms with Gasteiger partial charge in [0.25, 0.3) is 0 Å². The standard InChI is InChI=1S/C26H35N5O5/c27-14-8-7-13-20(28)24(34)30-22(16-19-11-5-2-6-12-19)26(36)31-21(25(35)29-17-23(32)33)15-18-9-3-1-4-10-18/h1-6,9-12,20-22H,7-8,13-17,27-28H2,(H,29,35)(H,30,34)(H,31,36)(H,32,33). The van der Waals surface area contributed by atoms with Gasteiger partial charge in [0.2, 0.25) is 17.7 Å². The number of nitrogens with one attached hydrogen (secondary N) is 3. The van der Waals surface area contributed by atoms with Crippen LogP contribution in [0.25, 0.3) is 0 Å². The molecule has 0 aliphatic rings. The van der Waals surface area contributed by atoms with E-state index in [9.17, 15) is 19.2 Å². The first kappa shape index (κ1) is 28.5. The zero-order valence-corrected chi connectivity index (χ0v) is 20.2. The second kappa shape index (κ2) is 15.3. The van der Waals surface area contributed by atoms with E-state index < -0.39 is 48.4 Å². The minimum Gasteiger partial charge on any atom is -0.480 e. The lowest BCUT2D eigenvalue weighted by molar-refractivity contribution is -0.138. The van der Waals surface area contributed by atoms with Crippen LogP contribution in [-0.2, 0) is 32.0 Å². The van der Waals surface area contributed by atoms with Gasteiger partial charge in [0.15, 0.2) is 0 Å². The summed E-state index contributed by atoms with van der Waals surface area (Å²) in [7, 11) is 0. The van der Waals surface area contributed by atoms with Crippen LogP contribution in [0.2, 0.25) is 0 Å². The van der Waals surface area contributed by atoms with E-state index >= 15 is 0 Å². The van der Waals surface area contributed by atoms with Gasteiger partial charge in [0, 0.05) is 12.8 Å². The fourth-order valence-corrected chi connectivity index (χ4v) is 3.59. The van der Waals surface area contributed by atoms with Crippen LogP contribution < -0.4 is 27.4 Å². The van der Waals surface area contributed by atoms with Crippen molar-refractivity contribution in [3.8, 4) is 0 Å². The highest BCUT2D eigenvalue weighted by Crippen LogP contribution is 2.08. The Bertz CT molecular complexity index is 987. The number of carbonyl (C=O) groups is 4. The largest absolute Gasteiger partial charge is 0.480 e. The summed E-state index contributed by atoms with van der Waals surface area (Å²) in [5.74, 6) is -2.89. The number of carboxylic acid groups (broad SMARTS) is 1. The zero-order chi connectivity index (χ0) is 26.3. The number of benzene rings is 2. The third kappa shape index (κ3) is 10.2. The van der Waals surface area contributed by atoms with Crippen LogP contribution in [0.1, 0.15) is 30.4 Å². The maximum atomic E-state index is 13.3. The van der Waals surface area contributed by atoms with E-state index in [1.54, 1.807) is 24.3 Å². The molecular formula is C26H35N5O5. The number of unbranched alkanes of at least 4 members (excludes halogenated alkanes) is 1. The van der Waals surface area contributed by atoms with Crippen LogP contribution in [0, 0.1) is 0 Å². The molecule has 3 unspecified atom stereocenters. The summed E-state index contributed by atoms with van der Waals surface area (Å²) in [6.45, 7) is -0.0814. The van der Waals surface area contributed by atoms with E-state index in [2.05, 4.69) is 16.0 Å². The van der Waals surface area contributed by atoms with Crippen molar-refractivity contribution in [3.63, 3.8) is 0 Å². The minimum atomic E-state index is -1.20. The van der Waals surface area contributed by atoms with E-state index in [0.717, 1.165) is 17.5 Å². The Morgan fingerprint density at radius 2 is 1.25 bits per heavy atom. The Morgan fingerprint density at radius 1 is 0.750 bits per heavy atom. The average Bonchev–Trinajstić information content (AvgIpc) is 2.87. The van der Waals surface area contributed by atoms with E-state index in [-0.39, 0.29) is 12.8 Å². The maximum Gasteiger partial charge on any atom is 0.322 e. The molecule has 0 fully saturated rings. The van der Waals surface area contributed by atoms with Crippen molar-refractivity contribution in [1.82, 2.24) is 16.0 Å². The van der Waals surface area contributed by atoms with Crippen molar-refractivity contribution in [2.75, 3.05) is 13.1 Å². The fourth-order valence-electron chi connectivity index (χ4n) is 3.59. The van der Waals surface area contributed by atoms with Crippen molar-refractivity contribution in [2.24, 2.45) is 11.5 Å². The summed E-state index contributed by atoms with van der Waals surface area (Å²) in [6.07, 6.45) is 2.17. The Kier molecular flexibility index (Phi) is 12.1. The molecule has 36 heavy (non-hydrogen) atoms. The molecule has 0 saturated heterocycles. The number of rotatable bonds is 15. The first-order chi connectivity index (χ1) is 17.3. The van der Waals surface area contributed by atoms with Gasteiger partial charge < -0.3 is 32.5 Å².